The molecule has 0 aliphatic carbocycles. The number of allylic oxidation sites excluding steroid dienone is 5. The first-order chi connectivity index (χ1) is 11.3. The quantitative estimate of drug-likeness (QED) is 0.630. The highest BCUT2D eigenvalue weighted by Gasteiger charge is 2.52. The molecule has 2 heteroatoms. The van der Waals surface area contributed by atoms with E-state index in [0.717, 1.165) is 30.8 Å². The number of hydrogen-bond donors (Lipinski definition) is 0. The van der Waals surface area contributed by atoms with E-state index in [1.54, 1.807) is 6.08 Å². The van der Waals surface area contributed by atoms with Gasteiger partial charge in [0.2, 0.25) is 0 Å². The highest BCUT2D eigenvalue weighted by molar-refractivity contribution is 5.41. The van der Waals surface area contributed by atoms with Gasteiger partial charge in [-0.2, -0.15) is 0 Å². The van der Waals surface area contributed by atoms with Crippen molar-refractivity contribution >= 4 is 0 Å². The van der Waals surface area contributed by atoms with Crippen molar-refractivity contribution in [3.05, 3.63) is 66.5 Å². The van der Waals surface area contributed by atoms with Crippen molar-refractivity contribution in [2.45, 2.75) is 58.2 Å². The van der Waals surface area contributed by atoms with Crippen molar-refractivity contribution in [2.24, 2.45) is 5.41 Å². The molecule has 0 N–H and O–H groups in total. The fraction of sp³-hybridized carbons (Fsp3) is 0.455. The minimum Gasteiger partial charge on any atom is -0.457 e. The van der Waals surface area contributed by atoms with Gasteiger partial charge in [0.15, 0.2) is 0 Å². The maximum absolute atomic E-state index is 6.46. The third-order valence-electron chi connectivity index (χ3n) is 4.87. The first kappa shape index (κ1) is 16.9. The van der Waals surface area contributed by atoms with E-state index >= 15 is 0 Å². The van der Waals surface area contributed by atoms with Crippen LogP contribution < -0.4 is 4.74 Å². The maximum atomic E-state index is 6.46. The van der Waals surface area contributed by atoms with E-state index in [0.29, 0.717) is 0 Å². The lowest BCUT2D eigenvalue weighted by molar-refractivity contribution is -0.220. The molecule has 2 nitrogen and oxygen atoms in total. The molecule has 0 amide bonds. The number of para-hydroxylation sites is 1. The minimum absolute atomic E-state index is 0.0182. The van der Waals surface area contributed by atoms with Gasteiger partial charge in [-0.3, -0.25) is 0 Å². The Morgan fingerprint density at radius 3 is 2.50 bits per heavy atom. The Hall–Kier alpha value is -1.96. The molecule has 3 rings (SSSR count). The minimum atomic E-state index is -0.590. The number of benzene rings is 1. The summed E-state index contributed by atoms with van der Waals surface area (Å²) >= 11 is 0. The van der Waals surface area contributed by atoms with E-state index in [2.05, 4.69) is 52.5 Å². The number of hydrogen-bond acceptors (Lipinski definition) is 2. The lowest BCUT2D eigenvalue weighted by Crippen LogP contribution is -2.52. The Morgan fingerprint density at radius 2 is 1.75 bits per heavy atom. The third-order valence-corrected chi connectivity index (χ3v) is 4.87. The van der Waals surface area contributed by atoms with Gasteiger partial charge in [0.05, 0.1) is 0 Å². The molecule has 2 heterocycles. The lowest BCUT2D eigenvalue weighted by Gasteiger charge is -2.51. The van der Waals surface area contributed by atoms with Crippen LogP contribution >= 0.6 is 0 Å². The van der Waals surface area contributed by atoms with E-state index < -0.39 is 5.79 Å². The molecule has 1 fully saturated rings. The summed E-state index contributed by atoms with van der Waals surface area (Å²) in [5.41, 5.74) is 1.42. The third kappa shape index (κ3) is 3.28. The highest BCUT2D eigenvalue weighted by Crippen LogP contribution is 2.53. The number of fused-ring (bicyclic) bond motifs is 1. The Balaban J connectivity index is 1.99. The van der Waals surface area contributed by atoms with Gasteiger partial charge in [-0.1, -0.05) is 70.7 Å². The second-order valence-corrected chi connectivity index (χ2v) is 8.44. The molecule has 1 saturated heterocycles. The molecule has 1 aromatic rings. The van der Waals surface area contributed by atoms with Crippen LogP contribution in [0, 0.1) is 5.41 Å². The highest BCUT2D eigenvalue weighted by atomic mass is 16.7. The Morgan fingerprint density at radius 1 is 1.00 bits per heavy atom. The molecule has 128 valence electrons. The summed E-state index contributed by atoms with van der Waals surface area (Å²) in [4.78, 5) is 0. The van der Waals surface area contributed by atoms with Gasteiger partial charge >= 0.3 is 0 Å². The van der Waals surface area contributed by atoms with E-state index in [1.165, 1.54) is 5.56 Å². The Bertz CT molecular complexity index is 694. The average Bonchev–Trinajstić information content (AvgIpc) is 2.44. The fourth-order valence-corrected chi connectivity index (χ4v) is 4.18. The zero-order valence-corrected chi connectivity index (χ0v) is 15.3. The average molecular weight is 324 g/mol. The molecule has 0 aromatic heterocycles. The zero-order chi connectivity index (χ0) is 17.4. The van der Waals surface area contributed by atoms with E-state index in [4.69, 9.17) is 9.47 Å². The summed E-state index contributed by atoms with van der Waals surface area (Å²) in [6.07, 6.45) is 10.4. The van der Waals surface area contributed by atoms with Gasteiger partial charge in [0.25, 0.3) is 5.79 Å². The second kappa shape index (κ2) is 5.84. The van der Waals surface area contributed by atoms with Gasteiger partial charge in [-0.05, 0) is 17.6 Å². The van der Waals surface area contributed by atoms with Crippen molar-refractivity contribution in [3.63, 3.8) is 0 Å². The molecule has 0 bridgehead atoms. The molecule has 0 radical (unpaired) electrons. The molecular formula is C22H28O2. The first-order valence-electron chi connectivity index (χ1n) is 8.71. The van der Waals surface area contributed by atoms with Gasteiger partial charge in [-0.25, -0.2) is 0 Å². The topological polar surface area (TPSA) is 18.5 Å². The van der Waals surface area contributed by atoms with E-state index in [-0.39, 0.29) is 10.8 Å². The van der Waals surface area contributed by atoms with Crippen LogP contribution in [0.15, 0.2) is 60.9 Å². The summed E-state index contributed by atoms with van der Waals surface area (Å²) in [5.74, 6) is 1.35. The molecule has 2 aliphatic rings. The summed E-state index contributed by atoms with van der Waals surface area (Å²) in [6.45, 7) is 12.9. The molecule has 1 atom stereocenters. The lowest BCUT2D eigenvalue weighted by atomic mass is 9.70. The monoisotopic (exact) mass is 324 g/mol. The van der Waals surface area contributed by atoms with Crippen LogP contribution in [-0.2, 0) is 10.2 Å². The predicted octanol–water partition coefficient (Wildman–Crippen LogP) is 5.91. The maximum Gasteiger partial charge on any atom is 0.252 e. The summed E-state index contributed by atoms with van der Waals surface area (Å²) in [7, 11) is 0. The van der Waals surface area contributed by atoms with Gasteiger partial charge in [-0.15, -0.1) is 0 Å². The molecule has 2 aliphatic heterocycles. The molecule has 0 saturated carbocycles. The largest absolute Gasteiger partial charge is 0.457 e. The van der Waals surface area contributed by atoms with Crippen LogP contribution in [-0.4, -0.2) is 5.79 Å². The van der Waals surface area contributed by atoms with Crippen molar-refractivity contribution in [2.75, 3.05) is 0 Å². The summed E-state index contributed by atoms with van der Waals surface area (Å²) in [5, 5.41) is 0. The van der Waals surface area contributed by atoms with Crippen LogP contribution in [0.2, 0.25) is 0 Å². The van der Waals surface area contributed by atoms with Crippen LogP contribution in [0.5, 0.6) is 5.75 Å². The van der Waals surface area contributed by atoms with Gasteiger partial charge in [0.1, 0.15) is 11.5 Å². The van der Waals surface area contributed by atoms with Crippen LogP contribution in [0.4, 0.5) is 0 Å². The van der Waals surface area contributed by atoms with Crippen molar-refractivity contribution < 1.29 is 9.47 Å². The zero-order valence-electron chi connectivity index (χ0n) is 15.3. The molecule has 1 spiro atoms. The van der Waals surface area contributed by atoms with Crippen LogP contribution in [0.25, 0.3) is 0 Å². The smallest absolute Gasteiger partial charge is 0.252 e. The fourth-order valence-electron chi connectivity index (χ4n) is 4.18. The normalized spacial score (nSPS) is 29.1. The summed E-state index contributed by atoms with van der Waals surface area (Å²) < 4.78 is 12.9. The van der Waals surface area contributed by atoms with Crippen molar-refractivity contribution in [1.82, 2.24) is 0 Å². The molecular weight excluding hydrogens is 296 g/mol. The number of rotatable bonds is 2. The van der Waals surface area contributed by atoms with Gasteiger partial charge < -0.3 is 9.47 Å². The second-order valence-electron chi connectivity index (χ2n) is 8.44. The van der Waals surface area contributed by atoms with Gasteiger partial charge in [0, 0.05) is 30.2 Å². The Labute approximate surface area is 145 Å². The molecule has 1 unspecified atom stereocenters. The van der Waals surface area contributed by atoms with Crippen LogP contribution in [0.3, 0.4) is 0 Å². The predicted molar refractivity (Wildman–Crippen MR) is 99.0 cm³/mol. The van der Waals surface area contributed by atoms with E-state index in [9.17, 15) is 0 Å². The SMILES string of the molecule is C=C/C=C\C=C1/CC(C)(C)CC2(CC(C)(C)c3ccccc3O2)O1. The first-order valence-corrected chi connectivity index (χ1v) is 8.71. The molecule has 24 heavy (non-hydrogen) atoms. The standard InChI is InChI=1S/C22H28O2/c1-6-7-8-11-17-14-20(2,3)15-22(23-17)16-21(4,5)18-12-9-10-13-19(18)24-22/h6-13H,1,14-16H2,2-5H3/b8-7-,17-11+. The van der Waals surface area contributed by atoms with Crippen molar-refractivity contribution in [1.29, 1.82) is 0 Å². The molecule has 1 aromatic carbocycles. The van der Waals surface area contributed by atoms with Crippen LogP contribution in [0.1, 0.15) is 52.5 Å². The summed E-state index contributed by atoms with van der Waals surface area (Å²) in [6, 6.07) is 8.34. The van der Waals surface area contributed by atoms with E-state index in [1.807, 2.05) is 24.3 Å². The number of ether oxygens (including phenoxy) is 2. The Kier molecular flexibility index (Phi) is 4.11. The van der Waals surface area contributed by atoms with Crippen molar-refractivity contribution in [3.8, 4) is 5.75 Å².